The molecule has 6 rings (SSSR count). The van der Waals surface area contributed by atoms with Crippen molar-refractivity contribution >= 4 is 33.6 Å². The van der Waals surface area contributed by atoms with Crippen molar-refractivity contribution in [3.8, 4) is 34.5 Å². The Morgan fingerprint density at radius 3 is 2.28 bits per heavy atom. The molecule has 1 heterocycles. The maximum atomic E-state index is 13.1. The smallest absolute Gasteiger partial charge is 0.334 e. The number of phenolic OH excluding ortho intramolecular Hbond substituents is 4. The van der Waals surface area contributed by atoms with E-state index < -0.39 is 18.4 Å². The quantitative estimate of drug-likeness (QED) is 0.0739. The molecule has 5 aromatic rings. The maximum absolute atomic E-state index is 13.1. The van der Waals surface area contributed by atoms with E-state index in [1.54, 1.807) is 6.07 Å². The Labute approximate surface area is 247 Å². The molecule has 218 valence electrons. The fourth-order valence-corrected chi connectivity index (χ4v) is 5.40. The lowest BCUT2D eigenvalue weighted by Crippen LogP contribution is -2.37. The fraction of sp³-hybridized carbons (Fsp3) is 0.171. The van der Waals surface area contributed by atoms with Crippen LogP contribution in [0, 0.1) is 6.92 Å². The molecule has 43 heavy (non-hydrogen) atoms. The Balaban J connectivity index is 1.48. The lowest BCUT2D eigenvalue weighted by Gasteiger charge is -2.35. The minimum Gasteiger partial charge on any atom is -0.504 e. The van der Waals surface area contributed by atoms with Gasteiger partial charge in [-0.25, -0.2) is 4.79 Å². The fourth-order valence-electron chi connectivity index (χ4n) is 5.40. The highest BCUT2D eigenvalue weighted by Crippen LogP contribution is 2.51. The minimum atomic E-state index is -1.27. The highest BCUT2D eigenvalue weighted by molar-refractivity contribution is 6.12. The van der Waals surface area contributed by atoms with Crippen LogP contribution in [0.2, 0.25) is 0 Å². The Kier molecular flexibility index (Phi) is 6.98. The second kappa shape index (κ2) is 10.8. The summed E-state index contributed by atoms with van der Waals surface area (Å²) in [7, 11) is 0. The number of fused-ring (bicyclic) bond motifs is 5. The molecule has 8 nitrogen and oxygen atoms in total. The molecular weight excluding hydrogens is 548 g/mol. The standard InChI is InChI=1S/C35H30O8/c1-18(2)25-16-21-9-11-23-19(3)5-4-6-24(23)31(21)34-33(25)42-32(22-10-13-27(37)29(39)17-22)35(43-34)41-30(40)14-8-20-7-12-26(36)28(38)15-20/h4-18,32,35-39H,1-3H3/b14-8+/t32-,35-/m1/s1. The van der Waals surface area contributed by atoms with Crippen LogP contribution in [-0.2, 0) is 9.53 Å². The molecule has 0 saturated heterocycles. The zero-order valence-electron chi connectivity index (χ0n) is 23.7. The van der Waals surface area contributed by atoms with Crippen LogP contribution in [0.5, 0.6) is 34.5 Å². The summed E-state index contributed by atoms with van der Waals surface area (Å²) >= 11 is 0. The Morgan fingerprint density at radius 2 is 1.56 bits per heavy atom. The van der Waals surface area contributed by atoms with Gasteiger partial charge in [0.2, 0.25) is 0 Å². The summed E-state index contributed by atoms with van der Waals surface area (Å²) in [6.45, 7) is 6.14. The Bertz CT molecular complexity index is 1920. The first-order chi connectivity index (χ1) is 20.6. The van der Waals surface area contributed by atoms with E-state index in [0.29, 0.717) is 22.6 Å². The Hall–Kier alpha value is -5.37. The van der Waals surface area contributed by atoms with Crippen molar-refractivity contribution in [2.75, 3.05) is 0 Å². The molecule has 0 amide bonds. The molecule has 8 heteroatoms. The van der Waals surface area contributed by atoms with Crippen molar-refractivity contribution in [3.05, 3.63) is 101 Å². The monoisotopic (exact) mass is 578 g/mol. The number of phenols is 4. The van der Waals surface area contributed by atoms with E-state index in [4.69, 9.17) is 14.2 Å². The van der Waals surface area contributed by atoms with E-state index in [9.17, 15) is 25.2 Å². The SMILES string of the molecule is Cc1cccc2c1ccc1cc(C(C)C)c3c(c12)O[C@@H](OC(=O)/C=C/c1ccc(O)c(O)c1)[C@@H](c1ccc(O)c(O)c1)O3. The van der Waals surface area contributed by atoms with Gasteiger partial charge in [0.1, 0.15) is 0 Å². The topological polar surface area (TPSA) is 126 Å². The van der Waals surface area contributed by atoms with Gasteiger partial charge in [-0.05, 0) is 76.5 Å². The molecule has 0 unspecified atom stereocenters. The van der Waals surface area contributed by atoms with Gasteiger partial charge in [0.25, 0.3) is 6.29 Å². The second-order valence-electron chi connectivity index (χ2n) is 10.9. The molecule has 1 aliphatic heterocycles. The zero-order chi connectivity index (χ0) is 30.4. The first kappa shape index (κ1) is 27.8. The van der Waals surface area contributed by atoms with Crippen LogP contribution in [0.4, 0.5) is 0 Å². The Morgan fingerprint density at radius 1 is 0.814 bits per heavy atom. The van der Waals surface area contributed by atoms with Crippen LogP contribution >= 0.6 is 0 Å². The molecule has 0 spiro atoms. The van der Waals surface area contributed by atoms with Gasteiger partial charge in [-0.15, -0.1) is 0 Å². The third-order valence-electron chi connectivity index (χ3n) is 7.64. The first-order valence-corrected chi connectivity index (χ1v) is 13.9. The molecule has 0 radical (unpaired) electrons. The number of benzene rings is 5. The maximum Gasteiger partial charge on any atom is 0.334 e. The zero-order valence-corrected chi connectivity index (χ0v) is 23.7. The lowest BCUT2D eigenvalue weighted by atomic mass is 9.92. The van der Waals surface area contributed by atoms with Crippen molar-refractivity contribution in [3.63, 3.8) is 0 Å². The van der Waals surface area contributed by atoms with Gasteiger partial charge in [-0.3, -0.25) is 0 Å². The number of carbonyl (C=O) groups excluding carboxylic acids is 1. The lowest BCUT2D eigenvalue weighted by molar-refractivity contribution is -0.177. The van der Waals surface area contributed by atoms with Crippen molar-refractivity contribution < 1.29 is 39.4 Å². The summed E-state index contributed by atoms with van der Waals surface area (Å²) in [5.74, 6) is -0.979. The van der Waals surface area contributed by atoms with Crippen molar-refractivity contribution in [1.82, 2.24) is 0 Å². The van der Waals surface area contributed by atoms with Gasteiger partial charge in [-0.1, -0.05) is 56.3 Å². The number of aromatic hydroxyl groups is 4. The van der Waals surface area contributed by atoms with E-state index in [1.165, 1.54) is 42.5 Å². The van der Waals surface area contributed by atoms with E-state index in [1.807, 2.05) is 31.2 Å². The summed E-state index contributed by atoms with van der Waals surface area (Å²) in [6, 6.07) is 20.6. The predicted molar refractivity (Wildman–Crippen MR) is 163 cm³/mol. The summed E-state index contributed by atoms with van der Waals surface area (Å²) in [6.07, 6.45) is 0.355. The van der Waals surface area contributed by atoms with E-state index in [-0.39, 0.29) is 28.9 Å². The summed E-state index contributed by atoms with van der Waals surface area (Å²) in [5, 5.41) is 43.4. The second-order valence-corrected chi connectivity index (χ2v) is 10.9. The van der Waals surface area contributed by atoms with Crippen molar-refractivity contribution in [1.29, 1.82) is 0 Å². The number of rotatable bonds is 5. The molecule has 0 aromatic heterocycles. The van der Waals surface area contributed by atoms with Crippen LogP contribution in [0.3, 0.4) is 0 Å². The highest BCUT2D eigenvalue weighted by atomic mass is 16.7. The number of hydrogen-bond acceptors (Lipinski definition) is 8. The first-order valence-electron chi connectivity index (χ1n) is 13.9. The number of aryl methyl sites for hydroxylation is 1. The summed E-state index contributed by atoms with van der Waals surface area (Å²) in [5.41, 5.74) is 2.89. The van der Waals surface area contributed by atoms with Crippen LogP contribution < -0.4 is 9.47 Å². The average Bonchev–Trinajstić information content (AvgIpc) is 2.98. The van der Waals surface area contributed by atoms with Gasteiger partial charge in [-0.2, -0.15) is 0 Å². The van der Waals surface area contributed by atoms with Gasteiger partial charge in [0.05, 0.1) is 0 Å². The average molecular weight is 579 g/mol. The third kappa shape index (κ3) is 5.12. The van der Waals surface area contributed by atoms with Crippen molar-refractivity contribution in [2.24, 2.45) is 0 Å². The molecule has 0 fully saturated rings. The molecule has 0 bridgehead atoms. The molecule has 4 N–H and O–H groups in total. The highest BCUT2D eigenvalue weighted by Gasteiger charge is 2.39. The predicted octanol–water partition coefficient (Wildman–Crippen LogP) is 7.34. The molecule has 1 aliphatic rings. The number of ether oxygens (including phenoxy) is 3. The van der Waals surface area contributed by atoms with E-state index >= 15 is 0 Å². The van der Waals surface area contributed by atoms with Crippen LogP contribution in [-0.4, -0.2) is 32.7 Å². The van der Waals surface area contributed by atoms with Gasteiger partial charge >= 0.3 is 5.97 Å². The molecule has 0 saturated carbocycles. The van der Waals surface area contributed by atoms with Crippen LogP contribution in [0.25, 0.3) is 27.6 Å². The van der Waals surface area contributed by atoms with Gasteiger partial charge in [0.15, 0.2) is 40.6 Å². The largest absolute Gasteiger partial charge is 0.504 e. The molecule has 5 aromatic carbocycles. The number of esters is 1. The van der Waals surface area contributed by atoms with E-state index in [2.05, 4.69) is 26.0 Å². The van der Waals surface area contributed by atoms with Crippen LogP contribution in [0.1, 0.15) is 48.1 Å². The molecule has 0 aliphatic carbocycles. The van der Waals surface area contributed by atoms with E-state index in [0.717, 1.165) is 32.7 Å². The van der Waals surface area contributed by atoms with Gasteiger partial charge < -0.3 is 34.6 Å². The molecule has 2 atom stereocenters. The van der Waals surface area contributed by atoms with Crippen LogP contribution in [0.15, 0.2) is 78.9 Å². The van der Waals surface area contributed by atoms with Crippen molar-refractivity contribution in [2.45, 2.75) is 39.1 Å². The normalized spacial score (nSPS) is 16.3. The number of hydrogen-bond donors (Lipinski definition) is 4. The number of carbonyl (C=O) groups is 1. The van der Waals surface area contributed by atoms with Gasteiger partial charge in [0, 0.05) is 22.6 Å². The third-order valence-corrected chi connectivity index (χ3v) is 7.64. The minimum absolute atomic E-state index is 0.0626. The summed E-state index contributed by atoms with van der Waals surface area (Å²) < 4.78 is 19.0. The summed E-state index contributed by atoms with van der Waals surface area (Å²) in [4.78, 5) is 13.1. The molecular formula is C35H30O8.